The predicted molar refractivity (Wildman–Crippen MR) is 120 cm³/mol. The number of nitrogens with one attached hydrogen (secondary N) is 1. The third-order valence-corrected chi connectivity index (χ3v) is 6.03. The van der Waals surface area contributed by atoms with Crippen molar-refractivity contribution in [3.05, 3.63) is 59.8 Å². The van der Waals surface area contributed by atoms with Gasteiger partial charge in [0, 0.05) is 31.4 Å². The van der Waals surface area contributed by atoms with Gasteiger partial charge < -0.3 is 15.1 Å². The summed E-state index contributed by atoms with van der Waals surface area (Å²) in [5, 5.41) is 7.65. The molecule has 1 unspecified atom stereocenters. The lowest BCUT2D eigenvalue weighted by atomic mass is 10.1. The van der Waals surface area contributed by atoms with Crippen LogP contribution in [-0.4, -0.2) is 44.8 Å². The molecule has 1 fully saturated rings. The van der Waals surface area contributed by atoms with E-state index in [-0.39, 0.29) is 23.8 Å². The lowest BCUT2D eigenvalue weighted by molar-refractivity contribution is -0.120. The number of nitrogens with zero attached hydrogens (tertiary/aromatic N) is 6. The summed E-state index contributed by atoms with van der Waals surface area (Å²) in [6.45, 7) is 3.12. The minimum absolute atomic E-state index is 0.142. The molecule has 1 saturated carbocycles. The number of amides is 1. The Balaban J connectivity index is 1.29. The summed E-state index contributed by atoms with van der Waals surface area (Å²) in [6, 6.07) is 6.49. The summed E-state index contributed by atoms with van der Waals surface area (Å²) in [6.07, 6.45) is 8.29. The van der Waals surface area contributed by atoms with Crippen LogP contribution in [0.3, 0.4) is 0 Å². The van der Waals surface area contributed by atoms with Crippen LogP contribution in [0.2, 0.25) is 0 Å². The predicted octanol–water partition coefficient (Wildman–Crippen LogP) is 3.20. The van der Waals surface area contributed by atoms with Crippen molar-refractivity contribution in [2.75, 3.05) is 22.2 Å². The van der Waals surface area contributed by atoms with E-state index in [9.17, 15) is 9.18 Å². The number of carbonyl (C=O) groups excluding carboxylic acids is 1. The lowest BCUT2D eigenvalue weighted by Crippen LogP contribution is -2.53. The molecule has 0 radical (unpaired) electrons. The lowest BCUT2D eigenvalue weighted by Gasteiger charge is -2.39. The highest BCUT2D eigenvalue weighted by Crippen LogP contribution is 2.41. The van der Waals surface area contributed by atoms with Crippen LogP contribution in [0.25, 0.3) is 0 Å². The molecule has 0 saturated heterocycles. The smallest absolute Gasteiger partial charge is 0.250 e. The van der Waals surface area contributed by atoms with Gasteiger partial charge in [0.25, 0.3) is 0 Å². The summed E-state index contributed by atoms with van der Waals surface area (Å²) in [5.41, 5.74) is 2.76. The fourth-order valence-electron chi connectivity index (χ4n) is 4.17. The zero-order valence-corrected chi connectivity index (χ0v) is 18.2. The van der Waals surface area contributed by atoms with Gasteiger partial charge in [-0.2, -0.15) is 10.1 Å². The van der Waals surface area contributed by atoms with E-state index in [0.29, 0.717) is 19.0 Å². The number of rotatable bonds is 7. The van der Waals surface area contributed by atoms with Gasteiger partial charge in [-0.15, -0.1) is 0 Å². The molecular formula is C23H26FN7O. The van der Waals surface area contributed by atoms with Crippen LogP contribution in [0.15, 0.2) is 42.9 Å². The van der Waals surface area contributed by atoms with E-state index in [0.717, 1.165) is 41.9 Å². The van der Waals surface area contributed by atoms with Crippen LogP contribution in [0.1, 0.15) is 37.3 Å². The molecule has 3 aromatic rings. The van der Waals surface area contributed by atoms with E-state index < -0.39 is 0 Å². The van der Waals surface area contributed by atoms with Crippen LogP contribution in [-0.2, 0) is 17.9 Å². The van der Waals surface area contributed by atoms with Crippen LogP contribution < -0.4 is 15.1 Å². The number of halogens is 1. The van der Waals surface area contributed by atoms with E-state index in [2.05, 4.69) is 15.4 Å². The number of hydrogen-bond donors (Lipinski definition) is 1. The van der Waals surface area contributed by atoms with Crippen LogP contribution >= 0.6 is 0 Å². The Hall–Kier alpha value is -3.49. The van der Waals surface area contributed by atoms with Crippen LogP contribution in [0.5, 0.6) is 0 Å². The zero-order chi connectivity index (χ0) is 22.2. The van der Waals surface area contributed by atoms with Gasteiger partial charge in [-0.25, -0.2) is 9.37 Å². The molecule has 1 atom stereocenters. The molecule has 1 aliphatic heterocycles. The van der Waals surface area contributed by atoms with E-state index in [4.69, 9.17) is 4.98 Å². The summed E-state index contributed by atoms with van der Waals surface area (Å²) in [4.78, 5) is 26.0. The van der Waals surface area contributed by atoms with Gasteiger partial charge in [0.1, 0.15) is 17.5 Å². The normalized spacial score (nSPS) is 18.1. The number of fused-ring (bicyclic) bond motifs is 1. The number of benzene rings is 1. The highest BCUT2D eigenvalue weighted by Gasteiger charge is 2.43. The van der Waals surface area contributed by atoms with Crippen LogP contribution in [0.4, 0.5) is 21.8 Å². The Labute approximate surface area is 186 Å². The van der Waals surface area contributed by atoms with Gasteiger partial charge in [0.2, 0.25) is 11.9 Å². The molecule has 9 heteroatoms. The first-order valence-corrected chi connectivity index (χ1v) is 11.0. The van der Waals surface area contributed by atoms with E-state index in [1.54, 1.807) is 24.5 Å². The van der Waals surface area contributed by atoms with Gasteiger partial charge in [0.15, 0.2) is 5.82 Å². The number of anilines is 3. The molecule has 32 heavy (non-hydrogen) atoms. The first-order chi connectivity index (χ1) is 15.5. The second kappa shape index (κ2) is 8.22. The Kier molecular flexibility index (Phi) is 5.24. The molecule has 2 aromatic heterocycles. The molecule has 5 rings (SSSR count). The standard InChI is InChI=1S/C23H26FN7O/c1-3-19-22(32)31(18-8-9-18)20-12-26-23(28-21(20)29(19)2)25-10-16-11-27-30(14-16)13-15-4-6-17(24)7-5-15/h4-7,11-12,14,18-19H,3,8-10,13H2,1-2H3,(H,25,26,28). The Morgan fingerprint density at radius 1 is 1.16 bits per heavy atom. The maximum atomic E-state index is 13.1. The van der Waals surface area contributed by atoms with E-state index >= 15 is 0 Å². The van der Waals surface area contributed by atoms with Crippen molar-refractivity contribution >= 4 is 23.4 Å². The molecule has 1 aromatic carbocycles. The molecule has 1 N–H and O–H groups in total. The molecule has 166 valence electrons. The minimum atomic E-state index is -0.246. The summed E-state index contributed by atoms with van der Waals surface area (Å²) in [7, 11) is 1.92. The van der Waals surface area contributed by atoms with Gasteiger partial charge in [-0.3, -0.25) is 9.48 Å². The molecule has 0 bridgehead atoms. The second-order valence-electron chi connectivity index (χ2n) is 8.40. The maximum absolute atomic E-state index is 13.1. The largest absolute Gasteiger partial charge is 0.350 e. The third-order valence-electron chi connectivity index (χ3n) is 6.03. The molecule has 2 aliphatic rings. The minimum Gasteiger partial charge on any atom is -0.350 e. The summed E-state index contributed by atoms with van der Waals surface area (Å²) in [5.74, 6) is 1.20. The third kappa shape index (κ3) is 3.90. The van der Waals surface area contributed by atoms with Crippen molar-refractivity contribution < 1.29 is 9.18 Å². The van der Waals surface area contributed by atoms with Crippen molar-refractivity contribution in [3.8, 4) is 0 Å². The quantitative estimate of drug-likeness (QED) is 0.614. The Morgan fingerprint density at radius 2 is 1.94 bits per heavy atom. The number of aromatic nitrogens is 4. The first kappa shape index (κ1) is 20.4. The molecule has 0 spiro atoms. The van der Waals surface area contributed by atoms with Crippen LogP contribution in [0, 0.1) is 5.82 Å². The molecule has 8 nitrogen and oxygen atoms in total. The van der Waals surface area contributed by atoms with Crippen molar-refractivity contribution in [2.24, 2.45) is 0 Å². The second-order valence-corrected chi connectivity index (χ2v) is 8.40. The monoisotopic (exact) mass is 435 g/mol. The molecular weight excluding hydrogens is 409 g/mol. The Bertz CT molecular complexity index is 1130. The fourth-order valence-corrected chi connectivity index (χ4v) is 4.17. The first-order valence-electron chi connectivity index (χ1n) is 11.0. The van der Waals surface area contributed by atoms with Gasteiger partial charge in [-0.05, 0) is 37.0 Å². The average molecular weight is 436 g/mol. The van der Waals surface area contributed by atoms with E-state index in [1.165, 1.54) is 12.1 Å². The highest BCUT2D eigenvalue weighted by molar-refractivity contribution is 6.05. The van der Waals surface area contributed by atoms with Gasteiger partial charge >= 0.3 is 0 Å². The van der Waals surface area contributed by atoms with Gasteiger partial charge in [0.05, 0.1) is 18.9 Å². The Morgan fingerprint density at radius 3 is 2.66 bits per heavy atom. The van der Waals surface area contributed by atoms with E-state index in [1.807, 2.05) is 34.6 Å². The van der Waals surface area contributed by atoms with Gasteiger partial charge in [-0.1, -0.05) is 19.1 Å². The van der Waals surface area contributed by atoms with Crippen molar-refractivity contribution in [1.29, 1.82) is 0 Å². The number of carbonyl (C=O) groups is 1. The number of hydrogen-bond acceptors (Lipinski definition) is 6. The fraction of sp³-hybridized carbons (Fsp3) is 0.391. The average Bonchev–Trinajstić information content (AvgIpc) is 3.53. The summed E-state index contributed by atoms with van der Waals surface area (Å²) < 4.78 is 14.9. The molecule has 1 aliphatic carbocycles. The highest BCUT2D eigenvalue weighted by atomic mass is 19.1. The topological polar surface area (TPSA) is 79.2 Å². The van der Waals surface area contributed by atoms with Crippen molar-refractivity contribution in [2.45, 2.75) is 51.4 Å². The SMILES string of the molecule is CCC1C(=O)N(C2CC2)c2cnc(NCc3cnn(Cc4ccc(F)cc4)c3)nc2N1C. The van der Waals surface area contributed by atoms with Crippen molar-refractivity contribution in [3.63, 3.8) is 0 Å². The zero-order valence-electron chi connectivity index (χ0n) is 18.2. The summed E-state index contributed by atoms with van der Waals surface area (Å²) >= 11 is 0. The molecule has 1 amide bonds. The number of likely N-dealkylation sites (N-methyl/N-ethyl adjacent to an activating group) is 1. The van der Waals surface area contributed by atoms with Crippen molar-refractivity contribution in [1.82, 2.24) is 19.7 Å². The maximum Gasteiger partial charge on any atom is 0.250 e. The molecule has 3 heterocycles.